The summed E-state index contributed by atoms with van der Waals surface area (Å²) in [5, 5.41) is 12.5. The SMILES string of the molecule is Cc1ccc(Cl)c2sc(N(CCCN3CCOCC3)C(=O)c3cc([N+](=O)[O-])ccc3Cl)nc12. The second-order valence-electron chi connectivity index (χ2n) is 7.72. The zero-order valence-electron chi connectivity index (χ0n) is 17.9. The number of fused-ring (bicyclic) bond motifs is 1. The van der Waals surface area contributed by atoms with Gasteiger partial charge < -0.3 is 4.74 Å². The third-order valence-corrected chi connectivity index (χ3v) is 7.38. The normalized spacial score (nSPS) is 14.5. The van der Waals surface area contributed by atoms with Crippen molar-refractivity contribution in [3.05, 3.63) is 61.6 Å². The number of rotatable bonds is 7. The van der Waals surface area contributed by atoms with Crippen LogP contribution in [0, 0.1) is 17.0 Å². The van der Waals surface area contributed by atoms with E-state index in [1.165, 1.54) is 29.5 Å². The van der Waals surface area contributed by atoms with Gasteiger partial charge >= 0.3 is 0 Å². The number of aromatic nitrogens is 1. The fourth-order valence-corrected chi connectivity index (χ4v) is 5.24. The highest BCUT2D eigenvalue weighted by molar-refractivity contribution is 7.23. The number of halogens is 2. The lowest BCUT2D eigenvalue weighted by Crippen LogP contribution is -2.39. The van der Waals surface area contributed by atoms with Gasteiger partial charge in [0.25, 0.3) is 11.6 Å². The molecular formula is C22H22Cl2N4O4S. The molecule has 0 radical (unpaired) electrons. The third kappa shape index (κ3) is 5.28. The molecule has 1 saturated heterocycles. The van der Waals surface area contributed by atoms with Gasteiger partial charge in [0.15, 0.2) is 5.13 Å². The summed E-state index contributed by atoms with van der Waals surface area (Å²) in [6.07, 6.45) is 0.695. The quantitative estimate of drug-likeness (QED) is 0.322. The summed E-state index contributed by atoms with van der Waals surface area (Å²) >= 11 is 14.0. The first kappa shape index (κ1) is 23.8. The van der Waals surface area contributed by atoms with Gasteiger partial charge in [0, 0.05) is 38.3 Å². The summed E-state index contributed by atoms with van der Waals surface area (Å²) in [6.45, 7) is 6.20. The summed E-state index contributed by atoms with van der Waals surface area (Å²) in [7, 11) is 0. The van der Waals surface area contributed by atoms with Crippen LogP contribution in [-0.4, -0.2) is 60.1 Å². The molecule has 1 amide bonds. The topological polar surface area (TPSA) is 88.8 Å². The van der Waals surface area contributed by atoms with Crippen LogP contribution in [0.15, 0.2) is 30.3 Å². The van der Waals surface area contributed by atoms with Gasteiger partial charge in [-0.15, -0.1) is 0 Å². The van der Waals surface area contributed by atoms with Crippen LogP contribution in [-0.2, 0) is 4.74 Å². The average Bonchev–Trinajstić information content (AvgIpc) is 3.26. The van der Waals surface area contributed by atoms with E-state index in [0.29, 0.717) is 36.3 Å². The van der Waals surface area contributed by atoms with Crippen LogP contribution in [0.3, 0.4) is 0 Å². The van der Waals surface area contributed by atoms with Crippen LogP contribution in [0.2, 0.25) is 10.0 Å². The fourth-order valence-electron chi connectivity index (χ4n) is 3.70. The Labute approximate surface area is 204 Å². The molecule has 4 rings (SSSR count). The third-order valence-electron chi connectivity index (χ3n) is 5.51. The molecule has 1 aliphatic heterocycles. The van der Waals surface area contributed by atoms with E-state index in [0.717, 1.165) is 35.4 Å². The van der Waals surface area contributed by atoms with Crippen LogP contribution < -0.4 is 4.90 Å². The summed E-state index contributed by atoms with van der Waals surface area (Å²) in [5.74, 6) is -0.432. The molecule has 0 saturated carbocycles. The van der Waals surface area contributed by atoms with Crippen molar-refractivity contribution in [3.8, 4) is 0 Å². The summed E-state index contributed by atoms with van der Waals surface area (Å²) in [5.41, 5.74) is 1.56. The number of ether oxygens (including phenoxy) is 1. The second kappa shape index (κ2) is 10.3. The summed E-state index contributed by atoms with van der Waals surface area (Å²) in [4.78, 5) is 32.8. The Morgan fingerprint density at radius 1 is 1.24 bits per heavy atom. The van der Waals surface area contributed by atoms with Crippen LogP contribution >= 0.6 is 34.5 Å². The number of thiazole rings is 1. The van der Waals surface area contributed by atoms with Gasteiger partial charge in [-0.25, -0.2) is 4.98 Å². The lowest BCUT2D eigenvalue weighted by atomic mass is 10.1. The zero-order chi connectivity index (χ0) is 23.5. The number of nitro groups is 1. The number of aryl methyl sites for hydroxylation is 1. The van der Waals surface area contributed by atoms with Crippen molar-refractivity contribution < 1.29 is 14.5 Å². The van der Waals surface area contributed by atoms with Gasteiger partial charge in [-0.05, 0) is 31.0 Å². The molecule has 2 heterocycles. The number of hydrogen-bond donors (Lipinski definition) is 0. The molecule has 174 valence electrons. The molecule has 1 aliphatic rings. The molecule has 1 fully saturated rings. The van der Waals surface area contributed by atoms with Gasteiger partial charge in [0.2, 0.25) is 0 Å². The first-order valence-corrected chi connectivity index (χ1v) is 12.0. The van der Waals surface area contributed by atoms with Crippen molar-refractivity contribution in [1.29, 1.82) is 0 Å². The minimum atomic E-state index is -0.545. The molecule has 11 heteroatoms. The average molecular weight is 509 g/mol. The highest BCUT2D eigenvalue weighted by Crippen LogP contribution is 2.37. The molecule has 0 N–H and O–H groups in total. The van der Waals surface area contributed by atoms with E-state index in [-0.39, 0.29) is 16.3 Å². The number of amides is 1. The van der Waals surface area contributed by atoms with Crippen molar-refractivity contribution >= 4 is 61.5 Å². The maximum atomic E-state index is 13.6. The van der Waals surface area contributed by atoms with Crippen LogP contribution in [0.1, 0.15) is 22.3 Å². The number of carbonyl (C=O) groups is 1. The van der Waals surface area contributed by atoms with Crippen molar-refractivity contribution in [2.75, 3.05) is 44.3 Å². The number of carbonyl (C=O) groups excluding carboxylic acids is 1. The van der Waals surface area contributed by atoms with Crippen molar-refractivity contribution in [3.63, 3.8) is 0 Å². The number of nitro benzene ring substituents is 1. The molecule has 8 nitrogen and oxygen atoms in total. The molecular weight excluding hydrogens is 487 g/mol. The second-order valence-corrected chi connectivity index (χ2v) is 9.52. The highest BCUT2D eigenvalue weighted by Gasteiger charge is 2.26. The number of non-ortho nitro benzene ring substituents is 1. The fraction of sp³-hybridized carbons (Fsp3) is 0.364. The Bertz CT molecular complexity index is 1160. The maximum Gasteiger partial charge on any atom is 0.270 e. The Kier molecular flexibility index (Phi) is 7.45. The summed E-state index contributed by atoms with van der Waals surface area (Å²) < 4.78 is 6.19. The largest absolute Gasteiger partial charge is 0.379 e. The number of anilines is 1. The van der Waals surface area contributed by atoms with Gasteiger partial charge in [-0.1, -0.05) is 40.6 Å². The Balaban J connectivity index is 1.67. The van der Waals surface area contributed by atoms with E-state index in [1.54, 1.807) is 4.90 Å². The minimum Gasteiger partial charge on any atom is -0.379 e. The molecule has 33 heavy (non-hydrogen) atoms. The van der Waals surface area contributed by atoms with Crippen LogP contribution in [0.4, 0.5) is 10.8 Å². The highest BCUT2D eigenvalue weighted by atomic mass is 35.5. The van der Waals surface area contributed by atoms with E-state index in [4.69, 9.17) is 32.9 Å². The van der Waals surface area contributed by atoms with E-state index in [1.807, 2.05) is 19.1 Å². The Morgan fingerprint density at radius 2 is 1.97 bits per heavy atom. The Hall–Kier alpha value is -2.30. The molecule has 2 aromatic carbocycles. The monoisotopic (exact) mass is 508 g/mol. The van der Waals surface area contributed by atoms with Crippen molar-refractivity contribution in [2.45, 2.75) is 13.3 Å². The molecule has 1 aromatic heterocycles. The van der Waals surface area contributed by atoms with E-state index < -0.39 is 10.8 Å². The molecule has 0 aliphatic carbocycles. The number of nitrogens with zero attached hydrogens (tertiary/aromatic N) is 4. The van der Waals surface area contributed by atoms with E-state index in [9.17, 15) is 14.9 Å². The van der Waals surface area contributed by atoms with Crippen LogP contribution in [0.5, 0.6) is 0 Å². The molecule has 3 aromatic rings. The molecule has 0 spiro atoms. The van der Waals surface area contributed by atoms with Gasteiger partial charge in [-0.3, -0.25) is 24.7 Å². The summed E-state index contributed by atoms with van der Waals surface area (Å²) in [6, 6.07) is 7.56. The number of benzene rings is 2. The standard InChI is InChI=1S/C22H22Cl2N4O4S/c1-14-3-5-18(24)20-19(14)25-22(33-20)27(8-2-7-26-9-11-32-12-10-26)21(29)16-13-15(28(30)31)4-6-17(16)23/h3-6,13H,2,7-12H2,1H3. The Morgan fingerprint density at radius 3 is 2.67 bits per heavy atom. The van der Waals surface area contributed by atoms with Crippen molar-refractivity contribution in [2.24, 2.45) is 0 Å². The van der Waals surface area contributed by atoms with E-state index in [2.05, 4.69) is 4.90 Å². The minimum absolute atomic E-state index is 0.0688. The first-order chi connectivity index (χ1) is 15.8. The number of morpholine rings is 1. The lowest BCUT2D eigenvalue weighted by Gasteiger charge is -2.27. The van der Waals surface area contributed by atoms with Crippen LogP contribution in [0.25, 0.3) is 10.2 Å². The van der Waals surface area contributed by atoms with Crippen molar-refractivity contribution in [1.82, 2.24) is 9.88 Å². The molecule has 0 atom stereocenters. The van der Waals surface area contributed by atoms with Gasteiger partial charge in [0.05, 0.1) is 44.0 Å². The molecule has 0 bridgehead atoms. The maximum absolute atomic E-state index is 13.6. The number of hydrogen-bond acceptors (Lipinski definition) is 7. The van der Waals surface area contributed by atoms with E-state index >= 15 is 0 Å². The first-order valence-electron chi connectivity index (χ1n) is 10.5. The smallest absolute Gasteiger partial charge is 0.270 e. The lowest BCUT2D eigenvalue weighted by molar-refractivity contribution is -0.384. The predicted molar refractivity (Wildman–Crippen MR) is 131 cm³/mol. The molecule has 0 unspecified atom stereocenters. The predicted octanol–water partition coefficient (Wildman–Crippen LogP) is 5.19. The van der Waals surface area contributed by atoms with Gasteiger partial charge in [0.1, 0.15) is 0 Å². The zero-order valence-corrected chi connectivity index (χ0v) is 20.3. The van der Waals surface area contributed by atoms with Gasteiger partial charge in [-0.2, -0.15) is 0 Å².